The minimum Gasteiger partial charge on any atom is -0.457 e. The fourth-order valence-electron chi connectivity index (χ4n) is 12.6. The van der Waals surface area contributed by atoms with Crippen LogP contribution in [0.15, 0.2) is 95.7 Å². The lowest BCUT2D eigenvalue weighted by Crippen LogP contribution is -2.42. The summed E-state index contributed by atoms with van der Waals surface area (Å²) in [6.45, 7) is 7.99. The lowest BCUT2D eigenvalue weighted by Gasteiger charge is -2.52. The van der Waals surface area contributed by atoms with E-state index in [9.17, 15) is 1.37 Å². The second kappa shape index (κ2) is 17.4. The van der Waals surface area contributed by atoms with Gasteiger partial charge in [-0.05, 0) is 232 Å². The highest BCUT2D eigenvalue weighted by Crippen LogP contribution is 2.57. The van der Waals surface area contributed by atoms with Crippen LogP contribution in [0.4, 0.5) is 0 Å². The number of hydrogen-bond acceptors (Lipinski definition) is 5. The number of fused-ring (bicyclic) bond motifs is 3. The average molecular weight is 888 g/mol. The van der Waals surface area contributed by atoms with Crippen molar-refractivity contribution in [3.63, 3.8) is 0 Å². The van der Waals surface area contributed by atoms with Gasteiger partial charge in [-0.3, -0.25) is 9.97 Å². The van der Waals surface area contributed by atoms with Crippen LogP contribution in [0.3, 0.4) is 0 Å². The molecule has 5 heteroatoms. The van der Waals surface area contributed by atoms with Crippen molar-refractivity contribution in [1.82, 2.24) is 15.0 Å². The molecule has 3 saturated carbocycles. The van der Waals surface area contributed by atoms with E-state index in [0.29, 0.717) is 85.4 Å². The molecule has 3 aliphatic carbocycles. The van der Waals surface area contributed by atoms with Gasteiger partial charge in [-0.15, -0.1) is 0 Å². The highest BCUT2D eigenvalue weighted by molar-refractivity contribution is 6.09. The molecule has 0 aliphatic heterocycles. The van der Waals surface area contributed by atoms with Gasteiger partial charge in [0.2, 0.25) is 5.71 Å². The molecule has 0 spiro atoms. The van der Waals surface area contributed by atoms with Gasteiger partial charge < -0.3 is 9.15 Å². The maximum absolute atomic E-state index is 9.61. The fourth-order valence-corrected chi connectivity index (χ4v) is 12.6. The van der Waals surface area contributed by atoms with Gasteiger partial charge in [0.05, 0.1) is 11.4 Å². The van der Waals surface area contributed by atoms with Gasteiger partial charge in [-0.2, -0.15) is 0 Å². The van der Waals surface area contributed by atoms with E-state index < -0.39 is 20.6 Å². The van der Waals surface area contributed by atoms with Gasteiger partial charge >= 0.3 is 0 Å². The average Bonchev–Trinajstić information content (AvgIpc) is 3.74. The molecular weight excluding hydrogens is 807 g/mol. The van der Waals surface area contributed by atoms with E-state index in [1.807, 2.05) is 43.5 Å². The Morgan fingerprint density at radius 1 is 0.712 bits per heavy atom. The maximum atomic E-state index is 9.61. The van der Waals surface area contributed by atoms with Gasteiger partial charge in [0.25, 0.3) is 0 Å². The number of aromatic nitrogens is 3. The second-order valence-electron chi connectivity index (χ2n) is 21.6. The Morgan fingerprint density at radius 3 is 2.26 bits per heavy atom. The van der Waals surface area contributed by atoms with Gasteiger partial charge in [0.15, 0.2) is 0 Å². The van der Waals surface area contributed by atoms with Crippen LogP contribution in [0, 0.1) is 74.8 Å². The summed E-state index contributed by atoms with van der Waals surface area (Å²) in [5, 5.41) is 1.45. The molecule has 4 heterocycles. The number of pyridine rings is 3. The Balaban J connectivity index is 1.03. The molecule has 3 aromatic carbocycles. The lowest BCUT2D eigenvalue weighted by atomic mass is 9.53. The number of hydrogen-bond donors (Lipinski definition) is 0. The van der Waals surface area contributed by atoms with E-state index in [1.165, 1.54) is 24.1 Å². The van der Waals surface area contributed by atoms with E-state index in [-0.39, 0.29) is 39.4 Å². The van der Waals surface area contributed by atoms with Crippen molar-refractivity contribution in [1.29, 1.82) is 0 Å². The molecule has 0 bridgehead atoms. The summed E-state index contributed by atoms with van der Waals surface area (Å²) in [6, 6.07) is 23.2. The predicted molar refractivity (Wildman–Crippen MR) is 273 cm³/mol. The normalized spacial score (nSPS) is 28.1. The van der Waals surface area contributed by atoms with Crippen molar-refractivity contribution < 1.29 is 22.9 Å². The van der Waals surface area contributed by atoms with Crippen LogP contribution in [0.25, 0.3) is 55.7 Å². The van der Waals surface area contributed by atoms with Gasteiger partial charge in [0, 0.05) is 53.7 Å². The molecule has 6 unspecified atom stereocenters. The van der Waals surface area contributed by atoms with E-state index in [0.717, 1.165) is 80.6 Å². The maximum Gasteiger partial charge on any atom is 0.227 e. The van der Waals surface area contributed by atoms with Crippen LogP contribution in [0.5, 0.6) is 11.5 Å². The molecule has 5 nitrogen and oxygen atoms in total. The molecule has 0 saturated heterocycles. The first-order chi connectivity index (χ1) is 35.6. The van der Waals surface area contributed by atoms with Crippen LogP contribution < -0.4 is 4.74 Å². The predicted octanol–water partition coefficient (Wildman–Crippen LogP) is 17.3. The first-order valence-electron chi connectivity index (χ1n) is 29.3. The third-order valence-corrected chi connectivity index (χ3v) is 16.4. The molecule has 4 aromatic heterocycles. The van der Waals surface area contributed by atoms with Crippen LogP contribution in [0.1, 0.15) is 152 Å². The fraction of sp³-hybridized carbons (Fsp3) is 0.459. The molecule has 0 amide bonds. The summed E-state index contributed by atoms with van der Waals surface area (Å²) in [7, 11) is 0. The third kappa shape index (κ3) is 8.50. The van der Waals surface area contributed by atoms with Crippen molar-refractivity contribution in [3.8, 4) is 45.1 Å². The largest absolute Gasteiger partial charge is 0.457 e. The standard InChI is InChI=1S/C61H71N3O2/c1-36-27-55(62-34-39(36)4)46-28-51(44-14-12-11-13-15-44)42(7)57(29-46)65-47-30-52-49-18-16-41(6)64-59(49)66-58(52)53(31-47)56-32-50(40(5)35-63-56)48-22-25-61(10,33-38(48)3)54-19-17-45(26-37(54)2)43-20-23-60(8,9)24-21-43/h11-16,18,27-32,34-35,37-38,43,45,48,54H,17,19-26,33H2,1-10H3/i1D3,4D3,7D3,43D. The van der Waals surface area contributed by atoms with E-state index in [2.05, 4.69) is 52.6 Å². The highest BCUT2D eigenvalue weighted by Gasteiger charge is 2.46. The Bertz CT molecular complexity index is 3310. The monoisotopic (exact) mass is 888 g/mol. The smallest absolute Gasteiger partial charge is 0.227 e. The van der Waals surface area contributed by atoms with Crippen molar-refractivity contribution in [2.45, 2.75) is 139 Å². The first kappa shape index (κ1) is 34.1. The van der Waals surface area contributed by atoms with Crippen molar-refractivity contribution in [2.75, 3.05) is 0 Å². The number of benzene rings is 3. The lowest BCUT2D eigenvalue weighted by molar-refractivity contribution is -0.00567. The van der Waals surface area contributed by atoms with Crippen LogP contribution in [-0.4, -0.2) is 15.0 Å². The molecule has 6 atom stereocenters. The molecule has 66 heavy (non-hydrogen) atoms. The second-order valence-corrected chi connectivity index (χ2v) is 21.6. The van der Waals surface area contributed by atoms with Crippen molar-refractivity contribution in [3.05, 3.63) is 125 Å². The minimum absolute atomic E-state index is 0.0165. The molecule has 0 radical (unpaired) electrons. The molecule has 3 aliphatic rings. The van der Waals surface area contributed by atoms with E-state index in [4.69, 9.17) is 31.5 Å². The first-order valence-corrected chi connectivity index (χ1v) is 24.3. The molecule has 7 aromatic rings. The Morgan fingerprint density at radius 2 is 1.50 bits per heavy atom. The number of rotatable bonds is 8. The van der Waals surface area contributed by atoms with Gasteiger partial charge in [-0.25, -0.2) is 4.98 Å². The zero-order valence-electron chi connectivity index (χ0n) is 49.8. The van der Waals surface area contributed by atoms with Crippen molar-refractivity contribution >= 4 is 22.1 Å². The SMILES string of the molecule is [2H]C([2H])([2H])c1cnc(-c2cc(Oc3cc(-c4cc(C5CCC(C)(C6CCC(C7([2H])CCC(C)(C)CC7)CC6C)CC5C)c(C)cn4)c4oc5nc(C)ccc5c4c3)c(C([2H])([2H])[2H])c(-c3ccccc3)c2)cc1C([2H])([2H])[2H]. The summed E-state index contributed by atoms with van der Waals surface area (Å²) in [6.07, 6.45) is 14.2. The summed E-state index contributed by atoms with van der Waals surface area (Å²) < 4.78 is 99.1. The van der Waals surface area contributed by atoms with Crippen LogP contribution in [-0.2, 0) is 0 Å². The Kier molecular flexibility index (Phi) is 8.99. The summed E-state index contributed by atoms with van der Waals surface area (Å²) in [5.41, 5.74) is 6.57. The number of furan rings is 1. The minimum atomic E-state index is -2.79. The van der Waals surface area contributed by atoms with E-state index >= 15 is 0 Å². The quantitative estimate of drug-likeness (QED) is 0.152. The molecule has 10 rings (SSSR count). The topological polar surface area (TPSA) is 61.0 Å². The molecule has 342 valence electrons. The zero-order valence-corrected chi connectivity index (χ0v) is 39.8. The summed E-state index contributed by atoms with van der Waals surface area (Å²) in [5.74, 6) is 2.42. The van der Waals surface area contributed by atoms with Crippen molar-refractivity contribution in [2.24, 2.45) is 40.4 Å². The molecule has 3 fully saturated rings. The zero-order chi connectivity index (χ0) is 54.5. The Hall–Kier alpha value is -5.29. The van der Waals surface area contributed by atoms with Gasteiger partial charge in [0.1, 0.15) is 17.1 Å². The highest BCUT2D eigenvalue weighted by atomic mass is 16.5. The van der Waals surface area contributed by atoms with Crippen LogP contribution in [0.2, 0.25) is 0 Å². The van der Waals surface area contributed by atoms with Crippen LogP contribution >= 0.6 is 0 Å². The number of nitrogens with zero attached hydrogens (tertiary/aromatic N) is 3. The van der Waals surface area contributed by atoms with Gasteiger partial charge in [-0.1, -0.05) is 65.0 Å². The summed E-state index contributed by atoms with van der Waals surface area (Å²) >= 11 is 0. The van der Waals surface area contributed by atoms with E-state index in [1.54, 1.807) is 30.3 Å². The number of ether oxygens (including phenoxy) is 1. The summed E-state index contributed by atoms with van der Waals surface area (Å²) in [4.78, 5) is 14.3. The number of aryl methyl sites for hydroxylation is 4. The molecular formula is C61H71N3O2. The Labute approximate surface area is 408 Å². The third-order valence-electron chi connectivity index (χ3n) is 16.4. The molecule has 0 N–H and O–H groups in total.